The molecule has 5 rings (SSSR count). The zero-order valence-electron chi connectivity index (χ0n) is 17.3. The van der Waals surface area contributed by atoms with Gasteiger partial charge < -0.3 is 9.80 Å². The van der Waals surface area contributed by atoms with Crippen molar-refractivity contribution in [1.29, 1.82) is 0 Å². The van der Waals surface area contributed by atoms with Crippen LogP contribution in [-0.4, -0.2) is 47.3 Å². The summed E-state index contributed by atoms with van der Waals surface area (Å²) in [6.45, 7) is 3.80. The van der Waals surface area contributed by atoms with E-state index in [0.717, 1.165) is 18.4 Å². The lowest BCUT2D eigenvalue weighted by atomic mass is 9.91. The summed E-state index contributed by atoms with van der Waals surface area (Å²) in [6.07, 6.45) is 1.81. The zero-order valence-corrected chi connectivity index (χ0v) is 17.3. The fraction of sp³-hybridized carbons (Fsp3) is 0.308. The van der Waals surface area contributed by atoms with Crippen LogP contribution in [0.2, 0.25) is 0 Å². The van der Waals surface area contributed by atoms with Gasteiger partial charge in [-0.2, -0.15) is 0 Å². The second kappa shape index (κ2) is 7.28. The fourth-order valence-corrected chi connectivity index (χ4v) is 4.72. The summed E-state index contributed by atoms with van der Waals surface area (Å²) >= 11 is 0. The predicted octanol–water partition coefficient (Wildman–Crippen LogP) is 4.24. The number of rotatable bonds is 3. The molecule has 0 aromatic heterocycles. The molecule has 0 radical (unpaired) electrons. The van der Waals surface area contributed by atoms with Crippen molar-refractivity contribution in [2.24, 2.45) is 0 Å². The van der Waals surface area contributed by atoms with E-state index in [4.69, 9.17) is 0 Å². The number of piperazine rings is 1. The van der Waals surface area contributed by atoms with Crippen molar-refractivity contribution < 1.29 is 9.59 Å². The maximum absolute atomic E-state index is 13.6. The maximum Gasteiger partial charge on any atom is 0.253 e. The Morgan fingerprint density at radius 3 is 2.27 bits per heavy atom. The van der Waals surface area contributed by atoms with Gasteiger partial charge in [0.1, 0.15) is 0 Å². The molecular formula is C26H26N2O2. The minimum atomic E-state index is -0.385. The van der Waals surface area contributed by atoms with Crippen LogP contribution in [0.4, 0.5) is 0 Å². The van der Waals surface area contributed by atoms with Crippen molar-refractivity contribution in [1.82, 2.24) is 9.80 Å². The molecule has 0 spiro atoms. The van der Waals surface area contributed by atoms with E-state index >= 15 is 0 Å². The van der Waals surface area contributed by atoms with Gasteiger partial charge in [-0.15, -0.1) is 0 Å². The van der Waals surface area contributed by atoms with E-state index in [9.17, 15) is 9.59 Å². The number of benzene rings is 3. The topological polar surface area (TPSA) is 40.6 Å². The Kier molecular flexibility index (Phi) is 4.58. The molecule has 4 heteroatoms. The Bertz CT molecular complexity index is 1100. The molecule has 1 unspecified atom stereocenters. The lowest BCUT2D eigenvalue weighted by Crippen LogP contribution is -2.57. The first-order chi connectivity index (χ1) is 14.6. The van der Waals surface area contributed by atoms with Crippen LogP contribution in [0.1, 0.15) is 35.7 Å². The van der Waals surface area contributed by atoms with Crippen LogP contribution in [0.25, 0.3) is 10.8 Å². The number of carbonyl (C=O) groups excluding carboxylic acids is 2. The molecule has 3 aromatic carbocycles. The lowest BCUT2D eigenvalue weighted by molar-refractivity contribution is -0.138. The third kappa shape index (κ3) is 3.17. The summed E-state index contributed by atoms with van der Waals surface area (Å²) < 4.78 is 0. The Morgan fingerprint density at radius 1 is 0.867 bits per heavy atom. The average molecular weight is 399 g/mol. The van der Waals surface area contributed by atoms with Gasteiger partial charge >= 0.3 is 0 Å². The van der Waals surface area contributed by atoms with Crippen LogP contribution in [0.5, 0.6) is 0 Å². The third-order valence-corrected chi connectivity index (χ3v) is 6.66. The Morgan fingerprint density at radius 2 is 1.57 bits per heavy atom. The van der Waals surface area contributed by atoms with Crippen LogP contribution in [0.15, 0.2) is 72.8 Å². The van der Waals surface area contributed by atoms with Gasteiger partial charge in [0.05, 0.1) is 5.41 Å². The summed E-state index contributed by atoms with van der Waals surface area (Å²) in [6, 6.07) is 24.1. The molecule has 2 amide bonds. The summed E-state index contributed by atoms with van der Waals surface area (Å²) in [4.78, 5) is 30.3. The third-order valence-electron chi connectivity index (χ3n) is 6.66. The second-order valence-electron chi connectivity index (χ2n) is 8.61. The normalized spacial score (nSPS) is 20.2. The molecule has 30 heavy (non-hydrogen) atoms. The average Bonchev–Trinajstić information content (AvgIpc) is 3.60. The van der Waals surface area contributed by atoms with E-state index in [1.807, 2.05) is 52.3 Å². The summed E-state index contributed by atoms with van der Waals surface area (Å²) in [5.41, 5.74) is 1.45. The standard InChI is InChI=1S/C26H26N2O2/c1-19-18-27(24(29)21-8-3-2-4-9-21)15-16-28(19)25(30)26(13-14-26)23-12-11-20-7-5-6-10-22(20)17-23/h2-12,17,19H,13-16,18H2,1H3. The zero-order chi connectivity index (χ0) is 20.7. The summed E-state index contributed by atoms with van der Waals surface area (Å²) in [5.74, 6) is 0.266. The molecule has 1 saturated heterocycles. The smallest absolute Gasteiger partial charge is 0.253 e. The molecule has 4 nitrogen and oxygen atoms in total. The molecule has 1 atom stereocenters. The van der Waals surface area contributed by atoms with E-state index in [1.54, 1.807) is 0 Å². The molecule has 1 aliphatic heterocycles. The van der Waals surface area contributed by atoms with Gasteiger partial charge in [-0.3, -0.25) is 9.59 Å². The summed E-state index contributed by atoms with van der Waals surface area (Å²) in [7, 11) is 0. The van der Waals surface area contributed by atoms with Crippen molar-refractivity contribution in [3.05, 3.63) is 83.9 Å². The molecule has 0 N–H and O–H groups in total. The molecule has 152 valence electrons. The van der Waals surface area contributed by atoms with E-state index < -0.39 is 0 Å². The molecule has 3 aromatic rings. The second-order valence-corrected chi connectivity index (χ2v) is 8.61. The number of fused-ring (bicyclic) bond motifs is 1. The highest BCUT2D eigenvalue weighted by atomic mass is 16.2. The van der Waals surface area contributed by atoms with Crippen molar-refractivity contribution in [2.45, 2.75) is 31.2 Å². The lowest BCUT2D eigenvalue weighted by Gasteiger charge is -2.41. The molecule has 0 bridgehead atoms. The molecular weight excluding hydrogens is 372 g/mol. The van der Waals surface area contributed by atoms with Gasteiger partial charge in [-0.05, 0) is 48.2 Å². The van der Waals surface area contributed by atoms with Crippen molar-refractivity contribution in [2.75, 3.05) is 19.6 Å². The SMILES string of the molecule is CC1CN(C(=O)c2ccccc2)CCN1C(=O)C1(c2ccc3ccccc3c2)CC1. The van der Waals surface area contributed by atoms with Crippen LogP contribution in [0.3, 0.4) is 0 Å². The molecule has 2 aliphatic rings. The summed E-state index contributed by atoms with van der Waals surface area (Å²) in [5, 5.41) is 2.38. The van der Waals surface area contributed by atoms with Crippen LogP contribution < -0.4 is 0 Å². The quantitative estimate of drug-likeness (QED) is 0.662. The minimum absolute atomic E-state index is 0.0110. The number of hydrogen-bond acceptors (Lipinski definition) is 2. The Labute approximate surface area is 177 Å². The maximum atomic E-state index is 13.6. The van der Waals surface area contributed by atoms with Crippen LogP contribution in [0, 0.1) is 0 Å². The Balaban J connectivity index is 1.33. The van der Waals surface area contributed by atoms with Crippen molar-refractivity contribution in [3.8, 4) is 0 Å². The first-order valence-corrected chi connectivity index (χ1v) is 10.7. The number of amides is 2. The highest BCUT2D eigenvalue weighted by Gasteiger charge is 2.54. The molecule has 1 heterocycles. The highest BCUT2D eigenvalue weighted by molar-refractivity contribution is 5.95. The number of hydrogen-bond donors (Lipinski definition) is 0. The van der Waals surface area contributed by atoms with Gasteiger partial charge in [0.15, 0.2) is 0 Å². The Hall–Kier alpha value is -3.14. The highest BCUT2D eigenvalue weighted by Crippen LogP contribution is 2.50. The fourth-order valence-electron chi connectivity index (χ4n) is 4.72. The van der Waals surface area contributed by atoms with E-state index in [0.29, 0.717) is 25.2 Å². The predicted molar refractivity (Wildman–Crippen MR) is 118 cm³/mol. The van der Waals surface area contributed by atoms with Gasteiger partial charge in [0.2, 0.25) is 5.91 Å². The van der Waals surface area contributed by atoms with Gasteiger partial charge in [0.25, 0.3) is 5.91 Å². The largest absolute Gasteiger partial charge is 0.336 e. The van der Waals surface area contributed by atoms with E-state index in [-0.39, 0.29) is 23.3 Å². The molecule has 1 aliphatic carbocycles. The monoisotopic (exact) mass is 398 g/mol. The number of carbonyl (C=O) groups is 2. The number of nitrogens with zero attached hydrogens (tertiary/aromatic N) is 2. The first-order valence-electron chi connectivity index (χ1n) is 10.7. The van der Waals surface area contributed by atoms with Gasteiger partial charge in [-0.1, -0.05) is 60.7 Å². The van der Waals surface area contributed by atoms with Gasteiger partial charge in [0, 0.05) is 31.2 Å². The van der Waals surface area contributed by atoms with Crippen LogP contribution >= 0.6 is 0 Å². The van der Waals surface area contributed by atoms with Crippen LogP contribution in [-0.2, 0) is 10.2 Å². The van der Waals surface area contributed by atoms with Gasteiger partial charge in [-0.25, -0.2) is 0 Å². The van der Waals surface area contributed by atoms with Crippen molar-refractivity contribution >= 4 is 22.6 Å². The molecule has 2 fully saturated rings. The van der Waals surface area contributed by atoms with Crippen molar-refractivity contribution in [3.63, 3.8) is 0 Å². The minimum Gasteiger partial charge on any atom is -0.336 e. The van der Waals surface area contributed by atoms with E-state index in [1.165, 1.54) is 10.8 Å². The first kappa shape index (κ1) is 18.9. The molecule has 1 saturated carbocycles. The van der Waals surface area contributed by atoms with E-state index in [2.05, 4.69) is 37.3 Å².